The lowest BCUT2D eigenvalue weighted by molar-refractivity contribution is 0.00105. The van der Waals surface area contributed by atoms with Gasteiger partial charge in [0.1, 0.15) is 5.69 Å². The summed E-state index contributed by atoms with van der Waals surface area (Å²) in [5, 5.41) is 5.42. The summed E-state index contributed by atoms with van der Waals surface area (Å²) in [6.45, 7) is 7.75. The molecule has 0 radical (unpaired) electrons. The minimum atomic E-state index is -0.149. The zero-order valence-electron chi connectivity index (χ0n) is 25.7. The molecule has 238 valence electrons. The quantitative estimate of drug-likeness (QED) is 0.187. The summed E-state index contributed by atoms with van der Waals surface area (Å²) in [6.07, 6.45) is 4.16. The summed E-state index contributed by atoms with van der Waals surface area (Å²) in [5.41, 5.74) is 5.83. The van der Waals surface area contributed by atoms with Crippen LogP contribution in [0.15, 0.2) is 79.1 Å². The first-order valence-electron chi connectivity index (χ1n) is 16.0. The number of morpholine rings is 1. The molecule has 7 rings (SSSR count). The number of benzene rings is 3. The van der Waals surface area contributed by atoms with Crippen LogP contribution < -0.4 is 5.32 Å². The van der Waals surface area contributed by atoms with E-state index >= 15 is 0 Å². The topological polar surface area (TPSA) is 78.4 Å². The van der Waals surface area contributed by atoms with Crippen molar-refractivity contribution in [3.63, 3.8) is 0 Å². The van der Waals surface area contributed by atoms with Crippen molar-refractivity contribution in [2.75, 3.05) is 52.5 Å². The van der Waals surface area contributed by atoms with Crippen LogP contribution in [0, 0.1) is 0 Å². The van der Waals surface area contributed by atoms with E-state index in [1.54, 1.807) is 0 Å². The lowest BCUT2D eigenvalue weighted by atomic mass is 10.0. The molecule has 2 aliphatic rings. The van der Waals surface area contributed by atoms with E-state index < -0.39 is 0 Å². The van der Waals surface area contributed by atoms with E-state index in [9.17, 15) is 4.79 Å². The number of ether oxygens (including phenoxy) is 1. The van der Waals surface area contributed by atoms with E-state index in [-0.39, 0.29) is 5.91 Å². The number of likely N-dealkylation sites (tertiary alicyclic amines) is 1. The van der Waals surface area contributed by atoms with Gasteiger partial charge in [-0.2, -0.15) is 0 Å². The average Bonchev–Trinajstić information content (AvgIpc) is 3.67. The van der Waals surface area contributed by atoms with E-state index in [0.717, 1.165) is 97.8 Å². The molecule has 0 atom stereocenters. The second kappa shape index (κ2) is 14.0. The molecule has 2 saturated heterocycles. The molecule has 10 heteroatoms. The third kappa shape index (κ3) is 6.73. The number of amides is 1. The summed E-state index contributed by atoms with van der Waals surface area (Å²) in [6, 6.07) is 24.3. The molecular formula is C36H38Cl2N6O2. The maximum atomic E-state index is 14.0. The monoisotopic (exact) mass is 656 g/mol. The van der Waals surface area contributed by atoms with Gasteiger partial charge in [0.2, 0.25) is 0 Å². The Morgan fingerprint density at radius 3 is 2.43 bits per heavy atom. The smallest absolute Gasteiger partial charge is 0.268 e. The van der Waals surface area contributed by atoms with Crippen molar-refractivity contribution in [2.45, 2.75) is 25.4 Å². The van der Waals surface area contributed by atoms with Gasteiger partial charge in [0, 0.05) is 70.8 Å². The molecule has 0 bridgehead atoms. The van der Waals surface area contributed by atoms with Gasteiger partial charge in [-0.25, -0.2) is 4.98 Å². The fourth-order valence-electron chi connectivity index (χ4n) is 6.81. The molecule has 5 aromatic rings. The van der Waals surface area contributed by atoms with Crippen molar-refractivity contribution in [1.82, 2.24) is 29.7 Å². The normalized spacial score (nSPS) is 16.7. The molecule has 1 amide bonds. The zero-order valence-corrected chi connectivity index (χ0v) is 27.2. The van der Waals surface area contributed by atoms with Crippen molar-refractivity contribution < 1.29 is 9.53 Å². The highest BCUT2D eigenvalue weighted by Gasteiger charge is 2.28. The molecule has 0 unspecified atom stereocenters. The van der Waals surface area contributed by atoms with Crippen LogP contribution >= 0.6 is 23.2 Å². The van der Waals surface area contributed by atoms with Crippen LogP contribution in [0.4, 0.5) is 0 Å². The van der Waals surface area contributed by atoms with Crippen LogP contribution in [0.25, 0.3) is 33.4 Å². The van der Waals surface area contributed by atoms with Crippen LogP contribution in [-0.2, 0) is 11.3 Å². The SMILES string of the molecule is O=C(NCCN1CCC(N2CCOCC2)CC1)c1[nH]c2cc(Cl)ccc2c1-c1c(-c2ccccc2)ncn1Cc1ccc(Cl)cc1. The minimum absolute atomic E-state index is 0.149. The van der Waals surface area contributed by atoms with E-state index in [4.69, 9.17) is 32.9 Å². The number of hydrogen-bond donors (Lipinski definition) is 2. The van der Waals surface area contributed by atoms with Gasteiger partial charge in [-0.15, -0.1) is 0 Å². The summed E-state index contributed by atoms with van der Waals surface area (Å²) >= 11 is 12.6. The fourth-order valence-corrected chi connectivity index (χ4v) is 7.11. The summed E-state index contributed by atoms with van der Waals surface area (Å²) in [4.78, 5) is 27.4. The van der Waals surface area contributed by atoms with Gasteiger partial charge in [0.05, 0.1) is 30.9 Å². The van der Waals surface area contributed by atoms with Gasteiger partial charge >= 0.3 is 0 Å². The number of nitrogens with one attached hydrogen (secondary N) is 2. The number of H-pyrrole nitrogens is 1. The Morgan fingerprint density at radius 2 is 1.67 bits per heavy atom. The number of nitrogens with zero attached hydrogens (tertiary/aromatic N) is 4. The predicted molar refractivity (Wildman–Crippen MR) is 185 cm³/mol. The van der Waals surface area contributed by atoms with Crippen molar-refractivity contribution in [2.24, 2.45) is 0 Å². The number of piperidine rings is 1. The maximum Gasteiger partial charge on any atom is 0.268 e. The highest BCUT2D eigenvalue weighted by atomic mass is 35.5. The van der Waals surface area contributed by atoms with Crippen LogP contribution in [0.3, 0.4) is 0 Å². The van der Waals surface area contributed by atoms with Crippen molar-refractivity contribution in [3.05, 3.63) is 100 Å². The first-order chi connectivity index (χ1) is 22.5. The lowest BCUT2D eigenvalue weighted by Crippen LogP contribution is -2.49. The van der Waals surface area contributed by atoms with Crippen LogP contribution in [0.2, 0.25) is 10.0 Å². The molecule has 2 N–H and O–H groups in total. The largest absolute Gasteiger partial charge is 0.379 e. The molecule has 4 heterocycles. The van der Waals surface area contributed by atoms with Crippen LogP contribution in [-0.4, -0.2) is 88.8 Å². The maximum absolute atomic E-state index is 14.0. The third-order valence-corrected chi connectivity index (χ3v) is 9.70. The van der Waals surface area contributed by atoms with E-state index in [2.05, 4.69) is 24.7 Å². The molecule has 2 aliphatic heterocycles. The van der Waals surface area contributed by atoms with Gasteiger partial charge in [0.25, 0.3) is 5.91 Å². The Balaban J connectivity index is 1.16. The fraction of sp³-hybridized carbons (Fsp3) is 0.333. The van der Waals surface area contributed by atoms with Crippen molar-refractivity contribution in [3.8, 4) is 22.5 Å². The van der Waals surface area contributed by atoms with Crippen LogP contribution in [0.1, 0.15) is 28.9 Å². The molecule has 2 fully saturated rings. The van der Waals surface area contributed by atoms with Gasteiger partial charge < -0.3 is 24.5 Å². The number of halogens is 2. The molecule has 8 nitrogen and oxygen atoms in total. The first kappa shape index (κ1) is 31.0. The lowest BCUT2D eigenvalue weighted by Gasteiger charge is -2.40. The van der Waals surface area contributed by atoms with E-state index in [1.165, 1.54) is 0 Å². The predicted octanol–water partition coefficient (Wildman–Crippen LogP) is 6.58. The summed E-state index contributed by atoms with van der Waals surface area (Å²) < 4.78 is 7.65. The number of aromatic amines is 1. The molecule has 0 saturated carbocycles. The first-order valence-corrected chi connectivity index (χ1v) is 16.8. The number of fused-ring (bicyclic) bond motifs is 1. The van der Waals surface area contributed by atoms with Crippen LogP contribution in [0.5, 0.6) is 0 Å². The van der Waals surface area contributed by atoms with E-state index in [0.29, 0.717) is 34.9 Å². The molecule has 46 heavy (non-hydrogen) atoms. The minimum Gasteiger partial charge on any atom is -0.379 e. The van der Waals surface area contributed by atoms with Gasteiger partial charge in [-0.3, -0.25) is 9.69 Å². The number of aromatic nitrogens is 3. The Hall–Kier alpha value is -3.66. The van der Waals surface area contributed by atoms with Gasteiger partial charge in [0.15, 0.2) is 0 Å². The second-order valence-corrected chi connectivity index (χ2v) is 13.0. The Bertz CT molecular complexity index is 1790. The molecular weight excluding hydrogens is 619 g/mol. The Kier molecular flexibility index (Phi) is 9.42. The van der Waals surface area contributed by atoms with Gasteiger partial charge in [-0.05, 0) is 55.8 Å². The third-order valence-electron chi connectivity index (χ3n) is 9.21. The number of hydrogen-bond acceptors (Lipinski definition) is 5. The average molecular weight is 658 g/mol. The number of carbonyl (C=O) groups excluding carboxylic acids is 1. The number of imidazole rings is 1. The number of rotatable bonds is 9. The summed E-state index contributed by atoms with van der Waals surface area (Å²) in [7, 11) is 0. The molecule has 2 aromatic heterocycles. The molecule has 0 spiro atoms. The Labute approximate surface area is 279 Å². The standard InChI is InChI=1S/C36H38Cl2N6O2/c37-27-8-6-25(7-9-27)23-44-24-40-33(26-4-2-1-3-5-26)35(44)32-30-11-10-28(38)22-31(30)41-34(32)36(45)39-14-17-42-15-12-29(13-16-42)43-18-20-46-21-19-43/h1-11,22,24,29,41H,12-21,23H2,(H,39,45). The van der Waals surface area contributed by atoms with Crippen molar-refractivity contribution in [1.29, 1.82) is 0 Å². The zero-order chi connectivity index (χ0) is 31.5. The molecule has 0 aliphatic carbocycles. The van der Waals surface area contributed by atoms with E-state index in [1.807, 2.05) is 79.1 Å². The van der Waals surface area contributed by atoms with Crippen molar-refractivity contribution >= 4 is 40.0 Å². The number of carbonyl (C=O) groups is 1. The van der Waals surface area contributed by atoms with Gasteiger partial charge in [-0.1, -0.05) is 71.7 Å². The highest BCUT2D eigenvalue weighted by Crippen LogP contribution is 2.39. The second-order valence-electron chi connectivity index (χ2n) is 12.1. The summed E-state index contributed by atoms with van der Waals surface area (Å²) in [5.74, 6) is -0.149. The molecule has 3 aromatic carbocycles. The highest BCUT2D eigenvalue weighted by molar-refractivity contribution is 6.31. The Morgan fingerprint density at radius 1 is 0.935 bits per heavy atom.